The van der Waals surface area contributed by atoms with Crippen LogP contribution in [-0.4, -0.2) is 46.0 Å². The number of likely N-dealkylation sites (tertiary alicyclic amines) is 1. The number of benzene rings is 1. The highest BCUT2D eigenvalue weighted by Crippen LogP contribution is 2.22. The largest absolute Gasteiger partial charge is 0.478 e. The fourth-order valence-corrected chi connectivity index (χ4v) is 2.89. The van der Waals surface area contributed by atoms with Crippen LogP contribution in [0.2, 0.25) is 0 Å². The van der Waals surface area contributed by atoms with Gasteiger partial charge in [-0.25, -0.2) is 9.59 Å². The fourth-order valence-electron chi connectivity index (χ4n) is 2.89. The second kappa shape index (κ2) is 7.68. The predicted octanol–water partition coefficient (Wildman–Crippen LogP) is 2.65. The van der Waals surface area contributed by atoms with E-state index in [0.29, 0.717) is 19.4 Å². The van der Waals surface area contributed by atoms with Crippen LogP contribution in [0.15, 0.2) is 24.3 Å². The Morgan fingerprint density at radius 3 is 2.40 bits per heavy atom. The zero-order valence-corrected chi connectivity index (χ0v) is 14.9. The van der Waals surface area contributed by atoms with E-state index >= 15 is 0 Å². The normalized spacial score (nSPS) is 17.4. The predicted molar refractivity (Wildman–Crippen MR) is 92.3 cm³/mol. The van der Waals surface area contributed by atoms with Gasteiger partial charge >= 0.3 is 11.9 Å². The second-order valence-corrected chi connectivity index (χ2v) is 7.28. The van der Waals surface area contributed by atoms with Gasteiger partial charge in [-0.3, -0.25) is 4.79 Å². The van der Waals surface area contributed by atoms with E-state index in [2.05, 4.69) is 0 Å². The first kappa shape index (κ1) is 19.0. The van der Waals surface area contributed by atoms with Crippen LogP contribution in [0.5, 0.6) is 0 Å². The highest BCUT2D eigenvalue weighted by atomic mass is 16.6. The SMILES string of the molecule is CC(C)(C)OC(=O)[C@@H]1CCCN1C(=O)CCc1ccc(C(=O)O)cc1. The van der Waals surface area contributed by atoms with Crippen molar-refractivity contribution in [3.8, 4) is 0 Å². The van der Waals surface area contributed by atoms with Gasteiger partial charge in [0.05, 0.1) is 5.56 Å². The molecule has 1 aliphatic heterocycles. The van der Waals surface area contributed by atoms with Gasteiger partial charge in [0.2, 0.25) is 5.91 Å². The monoisotopic (exact) mass is 347 g/mol. The minimum atomic E-state index is -0.972. The Hall–Kier alpha value is -2.37. The van der Waals surface area contributed by atoms with E-state index in [9.17, 15) is 14.4 Å². The van der Waals surface area contributed by atoms with E-state index in [0.717, 1.165) is 12.0 Å². The molecule has 1 N–H and O–H groups in total. The number of carbonyl (C=O) groups is 3. The van der Waals surface area contributed by atoms with Crippen molar-refractivity contribution in [3.05, 3.63) is 35.4 Å². The molecule has 1 aliphatic rings. The zero-order valence-electron chi connectivity index (χ0n) is 14.9. The lowest BCUT2D eigenvalue weighted by atomic mass is 10.1. The molecule has 0 aliphatic carbocycles. The summed E-state index contributed by atoms with van der Waals surface area (Å²) in [7, 11) is 0. The Bertz CT molecular complexity index is 645. The summed E-state index contributed by atoms with van der Waals surface area (Å²) in [5.41, 5.74) is 0.547. The van der Waals surface area contributed by atoms with Crippen molar-refractivity contribution in [2.75, 3.05) is 6.54 Å². The number of nitrogens with zero attached hydrogens (tertiary/aromatic N) is 1. The Balaban J connectivity index is 1.93. The Labute approximate surface area is 147 Å². The maximum atomic E-state index is 12.5. The van der Waals surface area contributed by atoms with Crippen LogP contribution in [0, 0.1) is 0 Å². The maximum absolute atomic E-state index is 12.5. The van der Waals surface area contributed by atoms with Crippen LogP contribution in [-0.2, 0) is 20.7 Å². The number of ether oxygens (including phenoxy) is 1. The topological polar surface area (TPSA) is 83.9 Å². The first-order chi connectivity index (χ1) is 11.7. The average Bonchev–Trinajstić information content (AvgIpc) is 3.01. The zero-order chi connectivity index (χ0) is 18.6. The number of amides is 1. The smallest absolute Gasteiger partial charge is 0.335 e. The van der Waals surface area contributed by atoms with Crippen molar-refractivity contribution < 1.29 is 24.2 Å². The van der Waals surface area contributed by atoms with Crippen LogP contribution >= 0.6 is 0 Å². The van der Waals surface area contributed by atoms with Crippen LogP contribution < -0.4 is 0 Å². The Kier molecular flexibility index (Phi) is 5.82. The van der Waals surface area contributed by atoms with Gasteiger partial charge in [-0.2, -0.15) is 0 Å². The lowest BCUT2D eigenvalue weighted by molar-refractivity contribution is -0.163. The third kappa shape index (κ3) is 5.31. The third-order valence-electron chi connectivity index (χ3n) is 4.08. The van der Waals surface area contributed by atoms with E-state index in [-0.39, 0.29) is 23.9 Å². The molecule has 1 amide bonds. The van der Waals surface area contributed by atoms with Crippen LogP contribution in [0.1, 0.15) is 56.0 Å². The van der Waals surface area contributed by atoms with Gasteiger partial charge < -0.3 is 14.7 Å². The summed E-state index contributed by atoms with van der Waals surface area (Å²) in [4.78, 5) is 37.2. The first-order valence-electron chi connectivity index (χ1n) is 8.52. The molecule has 2 rings (SSSR count). The van der Waals surface area contributed by atoms with Crippen LogP contribution in [0.4, 0.5) is 0 Å². The number of esters is 1. The highest BCUT2D eigenvalue weighted by molar-refractivity contribution is 5.87. The molecule has 1 saturated heterocycles. The van der Waals surface area contributed by atoms with E-state index in [1.54, 1.807) is 17.0 Å². The summed E-state index contributed by atoms with van der Waals surface area (Å²) in [6, 6.07) is 5.99. The van der Waals surface area contributed by atoms with Gasteiger partial charge in [0.25, 0.3) is 0 Å². The molecule has 0 radical (unpaired) electrons. The van der Waals surface area contributed by atoms with E-state index in [4.69, 9.17) is 9.84 Å². The molecule has 136 valence electrons. The summed E-state index contributed by atoms with van der Waals surface area (Å²) in [6.45, 7) is 6.01. The van der Waals surface area contributed by atoms with Crippen molar-refractivity contribution in [1.82, 2.24) is 4.90 Å². The molecule has 1 heterocycles. The number of aryl methyl sites for hydroxylation is 1. The number of rotatable bonds is 5. The molecule has 25 heavy (non-hydrogen) atoms. The van der Waals surface area contributed by atoms with Gasteiger partial charge in [0.1, 0.15) is 11.6 Å². The Morgan fingerprint density at radius 1 is 1.20 bits per heavy atom. The lowest BCUT2D eigenvalue weighted by Crippen LogP contribution is -2.43. The number of aromatic carboxylic acids is 1. The molecular weight excluding hydrogens is 322 g/mol. The molecule has 1 fully saturated rings. The van der Waals surface area contributed by atoms with Gasteiger partial charge in [-0.15, -0.1) is 0 Å². The number of hydrogen-bond donors (Lipinski definition) is 1. The average molecular weight is 347 g/mol. The van der Waals surface area contributed by atoms with Crippen molar-refractivity contribution in [2.24, 2.45) is 0 Å². The minimum Gasteiger partial charge on any atom is -0.478 e. The van der Waals surface area contributed by atoms with E-state index < -0.39 is 17.6 Å². The number of carbonyl (C=O) groups excluding carboxylic acids is 2. The number of hydrogen-bond acceptors (Lipinski definition) is 4. The lowest BCUT2D eigenvalue weighted by Gasteiger charge is -2.27. The van der Waals surface area contributed by atoms with Crippen molar-refractivity contribution in [3.63, 3.8) is 0 Å². The molecule has 0 spiro atoms. The van der Waals surface area contributed by atoms with Crippen LogP contribution in [0.3, 0.4) is 0 Å². The summed E-state index contributed by atoms with van der Waals surface area (Å²) < 4.78 is 5.41. The summed E-state index contributed by atoms with van der Waals surface area (Å²) in [5, 5.41) is 8.89. The molecule has 0 bridgehead atoms. The van der Waals surface area contributed by atoms with E-state index in [1.165, 1.54) is 12.1 Å². The molecule has 1 atom stereocenters. The van der Waals surface area contributed by atoms with E-state index in [1.807, 2.05) is 20.8 Å². The minimum absolute atomic E-state index is 0.0735. The van der Waals surface area contributed by atoms with Crippen LogP contribution in [0.25, 0.3) is 0 Å². The van der Waals surface area contributed by atoms with Gasteiger partial charge in [-0.05, 0) is 57.7 Å². The highest BCUT2D eigenvalue weighted by Gasteiger charge is 2.36. The molecule has 1 aromatic rings. The quantitative estimate of drug-likeness (QED) is 0.828. The first-order valence-corrected chi connectivity index (χ1v) is 8.52. The van der Waals surface area contributed by atoms with Gasteiger partial charge in [0, 0.05) is 13.0 Å². The second-order valence-electron chi connectivity index (χ2n) is 7.28. The Morgan fingerprint density at radius 2 is 1.84 bits per heavy atom. The fraction of sp³-hybridized carbons (Fsp3) is 0.526. The number of carboxylic acids is 1. The maximum Gasteiger partial charge on any atom is 0.335 e. The summed E-state index contributed by atoms with van der Waals surface area (Å²) in [6.07, 6.45) is 2.22. The van der Waals surface area contributed by atoms with Crippen molar-refractivity contribution >= 4 is 17.8 Å². The molecule has 1 aromatic carbocycles. The standard InChI is InChI=1S/C19H25NO5/c1-19(2,3)25-18(24)15-5-4-12-20(15)16(21)11-8-13-6-9-14(10-7-13)17(22)23/h6-7,9-10,15H,4-5,8,11-12H2,1-3H3,(H,22,23)/t15-/m0/s1. The van der Waals surface area contributed by atoms with Crippen molar-refractivity contribution in [2.45, 2.75) is 58.1 Å². The summed E-state index contributed by atoms with van der Waals surface area (Å²) in [5.74, 6) is -1.39. The molecule has 0 aromatic heterocycles. The number of carboxylic acid groups (broad SMARTS) is 1. The third-order valence-corrected chi connectivity index (χ3v) is 4.08. The van der Waals surface area contributed by atoms with Crippen molar-refractivity contribution in [1.29, 1.82) is 0 Å². The molecule has 6 nitrogen and oxygen atoms in total. The molecule has 0 unspecified atom stereocenters. The van der Waals surface area contributed by atoms with Gasteiger partial charge in [-0.1, -0.05) is 12.1 Å². The molecule has 0 saturated carbocycles. The summed E-state index contributed by atoms with van der Waals surface area (Å²) >= 11 is 0. The molecular formula is C19H25NO5. The van der Waals surface area contributed by atoms with Gasteiger partial charge in [0.15, 0.2) is 0 Å². The molecule has 6 heteroatoms.